The average molecular weight is 405 g/mol. The molecule has 0 aromatic heterocycles. The zero-order valence-corrected chi connectivity index (χ0v) is 14.5. The summed E-state index contributed by atoms with van der Waals surface area (Å²) in [5.41, 5.74) is -1.21. The van der Waals surface area contributed by atoms with Gasteiger partial charge in [0.15, 0.2) is 11.5 Å². The molecule has 1 heterocycles. The van der Waals surface area contributed by atoms with Crippen LogP contribution in [-0.4, -0.2) is 25.8 Å². The van der Waals surface area contributed by atoms with Crippen LogP contribution in [0.4, 0.5) is 26.3 Å². The zero-order chi connectivity index (χ0) is 20.4. The fraction of sp³-hybridized carbons (Fsp3) is 0.368. The Morgan fingerprint density at radius 2 is 1.54 bits per heavy atom. The first-order chi connectivity index (χ1) is 13.1. The van der Waals surface area contributed by atoms with Crippen LogP contribution < -0.4 is 14.8 Å². The third-order valence-electron chi connectivity index (χ3n) is 4.21. The molecular formula is C19H17F6NO2. The lowest BCUT2D eigenvalue weighted by molar-refractivity contribution is -0.138. The van der Waals surface area contributed by atoms with Gasteiger partial charge in [-0.15, -0.1) is 0 Å². The molecule has 0 atom stereocenters. The average Bonchev–Trinajstić information content (AvgIpc) is 2.57. The van der Waals surface area contributed by atoms with Crippen molar-refractivity contribution in [1.82, 2.24) is 5.32 Å². The van der Waals surface area contributed by atoms with Gasteiger partial charge in [0.25, 0.3) is 0 Å². The second-order valence-corrected chi connectivity index (χ2v) is 6.35. The van der Waals surface area contributed by atoms with E-state index in [-0.39, 0.29) is 30.6 Å². The lowest BCUT2D eigenvalue weighted by Gasteiger charge is -2.29. The summed E-state index contributed by atoms with van der Waals surface area (Å²) in [5.74, 6) is 0.0808. The van der Waals surface area contributed by atoms with Crippen LogP contribution in [0.3, 0.4) is 0 Å². The minimum Gasteiger partial charge on any atom is -0.489 e. The largest absolute Gasteiger partial charge is 0.489 e. The topological polar surface area (TPSA) is 30.5 Å². The second-order valence-electron chi connectivity index (χ2n) is 6.35. The molecule has 0 radical (unpaired) electrons. The molecule has 1 aliphatic heterocycles. The molecule has 9 heteroatoms. The summed E-state index contributed by atoms with van der Waals surface area (Å²) in [6.07, 6.45) is -9.06. The summed E-state index contributed by atoms with van der Waals surface area (Å²) in [6.45, 7) is 1.02. The van der Waals surface area contributed by atoms with Gasteiger partial charge >= 0.3 is 12.4 Å². The minimum atomic E-state index is -4.52. The molecule has 0 unspecified atom stereocenters. The molecule has 3 rings (SSSR count). The van der Waals surface area contributed by atoms with Crippen molar-refractivity contribution in [3.63, 3.8) is 0 Å². The standard InChI is InChI=1S/C19H17F6NO2/c20-18(21,22)13-3-1-2-12(8-13)6-7-27-16-5-4-14(19(23,24)25)9-17(16)28-15-10-26-11-15/h1-5,8-9,15,26H,6-7,10-11H2. The molecule has 2 aromatic rings. The van der Waals surface area contributed by atoms with Crippen molar-refractivity contribution in [3.8, 4) is 11.5 Å². The highest BCUT2D eigenvalue weighted by Gasteiger charge is 2.32. The fourth-order valence-corrected chi connectivity index (χ4v) is 2.60. The smallest absolute Gasteiger partial charge is 0.416 e. The van der Waals surface area contributed by atoms with Crippen LogP contribution in [0.15, 0.2) is 42.5 Å². The second kappa shape index (κ2) is 7.90. The van der Waals surface area contributed by atoms with Crippen LogP contribution in [0.5, 0.6) is 11.5 Å². The van der Waals surface area contributed by atoms with Crippen molar-refractivity contribution in [2.24, 2.45) is 0 Å². The highest BCUT2D eigenvalue weighted by atomic mass is 19.4. The molecule has 0 aliphatic carbocycles. The molecule has 0 saturated carbocycles. The predicted octanol–water partition coefficient (Wildman–Crippen LogP) is 4.70. The Bertz CT molecular complexity index is 815. The van der Waals surface area contributed by atoms with E-state index in [0.29, 0.717) is 18.7 Å². The van der Waals surface area contributed by atoms with Crippen molar-refractivity contribution in [1.29, 1.82) is 0 Å². The molecule has 0 spiro atoms. The van der Waals surface area contributed by atoms with E-state index >= 15 is 0 Å². The fourth-order valence-electron chi connectivity index (χ4n) is 2.60. The van der Waals surface area contributed by atoms with E-state index in [0.717, 1.165) is 30.3 Å². The summed E-state index contributed by atoms with van der Waals surface area (Å²) < 4.78 is 88.2. The molecular weight excluding hydrogens is 388 g/mol. The Kier molecular flexibility index (Phi) is 5.74. The highest BCUT2D eigenvalue weighted by Crippen LogP contribution is 2.37. The van der Waals surface area contributed by atoms with E-state index in [2.05, 4.69) is 5.32 Å². The normalized spacial score (nSPS) is 15.2. The Labute approximate surface area is 157 Å². The Morgan fingerprint density at radius 1 is 0.857 bits per heavy atom. The first-order valence-corrected chi connectivity index (χ1v) is 8.50. The van der Waals surface area contributed by atoms with Crippen LogP contribution in [0.2, 0.25) is 0 Å². The van der Waals surface area contributed by atoms with Crippen molar-refractivity contribution in [3.05, 3.63) is 59.2 Å². The lowest BCUT2D eigenvalue weighted by Crippen LogP contribution is -2.50. The molecule has 28 heavy (non-hydrogen) atoms. The molecule has 3 nitrogen and oxygen atoms in total. The quantitative estimate of drug-likeness (QED) is 0.707. The Morgan fingerprint density at radius 3 is 2.14 bits per heavy atom. The number of rotatable bonds is 6. The van der Waals surface area contributed by atoms with Gasteiger partial charge in [0.1, 0.15) is 6.10 Å². The number of ether oxygens (including phenoxy) is 2. The lowest BCUT2D eigenvalue weighted by atomic mass is 10.1. The number of hydrogen-bond acceptors (Lipinski definition) is 3. The van der Waals surface area contributed by atoms with Crippen LogP contribution in [0.1, 0.15) is 16.7 Å². The summed E-state index contributed by atoms with van der Waals surface area (Å²) in [4.78, 5) is 0. The molecule has 0 amide bonds. The van der Waals surface area contributed by atoms with Gasteiger partial charge in [0.05, 0.1) is 17.7 Å². The number of hydrogen-bond donors (Lipinski definition) is 1. The van der Waals surface area contributed by atoms with E-state index in [4.69, 9.17) is 9.47 Å². The van der Waals surface area contributed by atoms with E-state index in [1.54, 1.807) is 0 Å². The number of halogens is 6. The van der Waals surface area contributed by atoms with E-state index in [1.807, 2.05) is 0 Å². The maximum absolute atomic E-state index is 12.9. The van der Waals surface area contributed by atoms with Gasteiger partial charge in [-0.3, -0.25) is 0 Å². The number of alkyl halides is 6. The SMILES string of the molecule is FC(F)(F)c1cccc(CCOc2ccc(C(F)(F)F)cc2OC2CNC2)c1. The van der Waals surface area contributed by atoms with Gasteiger partial charge in [-0.1, -0.05) is 18.2 Å². The maximum atomic E-state index is 12.9. The predicted molar refractivity (Wildman–Crippen MR) is 89.4 cm³/mol. The summed E-state index contributed by atoms with van der Waals surface area (Å²) >= 11 is 0. The first kappa shape index (κ1) is 20.3. The van der Waals surface area contributed by atoms with Crippen LogP contribution >= 0.6 is 0 Å². The molecule has 1 fully saturated rings. The van der Waals surface area contributed by atoms with Crippen molar-refractivity contribution in [2.75, 3.05) is 19.7 Å². The highest BCUT2D eigenvalue weighted by molar-refractivity contribution is 5.44. The van der Waals surface area contributed by atoms with Gasteiger partial charge < -0.3 is 14.8 Å². The van der Waals surface area contributed by atoms with Crippen molar-refractivity contribution >= 4 is 0 Å². The number of benzene rings is 2. The summed E-state index contributed by atoms with van der Waals surface area (Å²) in [6, 6.07) is 7.74. The Hall–Kier alpha value is -2.42. The van der Waals surface area contributed by atoms with E-state index < -0.39 is 23.5 Å². The molecule has 0 bridgehead atoms. The number of nitrogens with one attached hydrogen (secondary N) is 1. The van der Waals surface area contributed by atoms with Gasteiger partial charge in [0.2, 0.25) is 0 Å². The molecule has 1 N–H and O–H groups in total. The van der Waals surface area contributed by atoms with Crippen molar-refractivity contribution in [2.45, 2.75) is 24.9 Å². The monoisotopic (exact) mass is 405 g/mol. The van der Waals surface area contributed by atoms with Gasteiger partial charge in [-0.25, -0.2) is 0 Å². The van der Waals surface area contributed by atoms with Crippen molar-refractivity contribution < 1.29 is 35.8 Å². The van der Waals surface area contributed by atoms with Gasteiger partial charge in [-0.05, 0) is 29.8 Å². The first-order valence-electron chi connectivity index (χ1n) is 8.50. The maximum Gasteiger partial charge on any atom is 0.416 e. The van der Waals surface area contributed by atoms with Crippen LogP contribution in [0, 0.1) is 0 Å². The van der Waals surface area contributed by atoms with Crippen LogP contribution in [-0.2, 0) is 18.8 Å². The van der Waals surface area contributed by atoms with E-state index in [9.17, 15) is 26.3 Å². The zero-order valence-electron chi connectivity index (χ0n) is 14.5. The van der Waals surface area contributed by atoms with Crippen LogP contribution in [0.25, 0.3) is 0 Å². The summed E-state index contributed by atoms with van der Waals surface area (Å²) in [5, 5.41) is 2.95. The summed E-state index contributed by atoms with van der Waals surface area (Å²) in [7, 11) is 0. The molecule has 1 aliphatic rings. The molecule has 1 saturated heterocycles. The third kappa shape index (κ3) is 5.09. The van der Waals surface area contributed by atoms with E-state index in [1.165, 1.54) is 12.1 Å². The Balaban J connectivity index is 1.69. The van der Waals surface area contributed by atoms with Gasteiger partial charge in [-0.2, -0.15) is 26.3 Å². The minimum absolute atomic E-state index is 0.00798. The molecule has 152 valence electrons. The molecule has 2 aromatic carbocycles. The van der Waals surface area contributed by atoms with Gasteiger partial charge in [0, 0.05) is 19.5 Å². The third-order valence-corrected chi connectivity index (χ3v) is 4.21.